The molecule has 0 aliphatic carbocycles. The van der Waals surface area contributed by atoms with Gasteiger partial charge in [-0.2, -0.15) is 0 Å². The number of methoxy groups -OCH3 is 2. The number of quaternary nitrogens is 1. The van der Waals surface area contributed by atoms with E-state index < -0.39 is 59.4 Å². The molecule has 0 saturated carbocycles. The van der Waals surface area contributed by atoms with Crippen LogP contribution in [0.15, 0.2) is 84.9 Å². The van der Waals surface area contributed by atoms with Gasteiger partial charge in [0.15, 0.2) is 0 Å². The average molecular weight is 992 g/mol. The van der Waals surface area contributed by atoms with Gasteiger partial charge in [0.2, 0.25) is 23.6 Å². The van der Waals surface area contributed by atoms with Crippen LogP contribution in [-0.4, -0.2) is 109 Å². The minimum absolute atomic E-state index is 0.00141. The van der Waals surface area contributed by atoms with Crippen molar-refractivity contribution in [3.05, 3.63) is 107 Å². The van der Waals surface area contributed by atoms with E-state index in [1.54, 1.807) is 48.5 Å². The van der Waals surface area contributed by atoms with E-state index in [1.165, 1.54) is 57.9 Å². The largest absolute Gasteiger partial charge is 0.496 e. The molecular weight excluding hydrogens is 917 g/mol. The van der Waals surface area contributed by atoms with E-state index in [2.05, 4.69) is 51.3 Å². The zero-order chi connectivity index (χ0) is 52.4. The highest BCUT2D eigenvalue weighted by atomic mass is 16.5. The predicted octanol–water partition coefficient (Wildman–Crippen LogP) is 5.93. The molecular formula is C56H75N6O10+. The summed E-state index contributed by atoms with van der Waals surface area (Å²) in [4.78, 5) is 82.7. The summed E-state index contributed by atoms with van der Waals surface area (Å²) in [6.45, 7) is 5.75. The lowest BCUT2D eigenvalue weighted by atomic mass is 9.93. The number of likely N-dealkylation sites (N-methyl/N-ethyl adjacent to an activating group) is 1. The first kappa shape index (κ1) is 56.1. The van der Waals surface area contributed by atoms with Crippen molar-refractivity contribution in [2.45, 2.75) is 134 Å². The van der Waals surface area contributed by atoms with Crippen molar-refractivity contribution >= 4 is 35.5 Å². The quantitative estimate of drug-likeness (QED) is 0.0409. The minimum Gasteiger partial charge on any atom is -0.496 e. The maximum Gasteiger partial charge on any atom is 0.326 e. The SMILES string of the molecule is COc1ccc2cc1-c1cc(ccc1OC)[C@H](N(C)C(=O)[C@H](CCCC[NH3+])NC(=O)CCNC(=O)c1ccc(-c3ccc(CCCCCCCCC(C)(C)O)cc3)cc1)C(=O)N[C@@H](C)C(=O)N[C@H](C(=O)O)C2. The monoisotopic (exact) mass is 992 g/mol. The highest BCUT2D eigenvalue weighted by molar-refractivity contribution is 5.97. The number of carbonyl (C=O) groups excluding carboxylic acids is 5. The van der Waals surface area contributed by atoms with Crippen LogP contribution in [0.25, 0.3) is 22.3 Å². The Bertz CT molecular complexity index is 2470. The number of nitrogens with one attached hydrogen (secondary N) is 4. The molecule has 0 saturated heterocycles. The lowest BCUT2D eigenvalue weighted by molar-refractivity contribution is -0.368. The van der Waals surface area contributed by atoms with Gasteiger partial charge in [-0.05, 0) is 124 Å². The highest BCUT2D eigenvalue weighted by Crippen LogP contribution is 2.40. The van der Waals surface area contributed by atoms with Crippen molar-refractivity contribution < 1.29 is 54.2 Å². The molecule has 0 radical (unpaired) electrons. The van der Waals surface area contributed by atoms with Gasteiger partial charge < -0.3 is 51.6 Å². The van der Waals surface area contributed by atoms with Gasteiger partial charge in [-0.25, -0.2) is 4.79 Å². The number of carboxylic acids is 1. The third-order valence-electron chi connectivity index (χ3n) is 13.1. The van der Waals surface area contributed by atoms with Gasteiger partial charge in [0.1, 0.15) is 35.7 Å². The summed E-state index contributed by atoms with van der Waals surface area (Å²) in [5.41, 5.74) is 9.02. The lowest BCUT2D eigenvalue weighted by Crippen LogP contribution is -2.55. The first-order valence-electron chi connectivity index (χ1n) is 25.2. The first-order valence-corrected chi connectivity index (χ1v) is 25.2. The van der Waals surface area contributed by atoms with Crippen LogP contribution in [0.5, 0.6) is 11.5 Å². The third kappa shape index (κ3) is 16.4. The Morgan fingerprint density at radius 3 is 2.03 bits per heavy atom. The standard InChI is InChI=1S/C56H74N6O10/c1-36-51(64)61-46(55(68)69)34-38-19-27-47(71-5)43(33-38)44-35-42(26-28-48(44)72-6)50(53(66)59-36)62(4)54(67)45(16-12-14-31-57)60-49(63)29-32-58-52(65)41-24-22-40(23-25-41)39-20-17-37(18-21-39)15-11-9-7-8-10-13-30-56(2,3)70/h17-28,33,35-36,45-46,50,70H,7-16,29-32,34,57H2,1-6H3,(H,58,65)(H,59,66)(H,60,63)(H,61,64)(H,68,69)/p+1/t36-,45-,46-,50-/m0/s1. The van der Waals surface area contributed by atoms with Crippen molar-refractivity contribution in [1.82, 2.24) is 26.2 Å². The number of hydrogen-bond donors (Lipinski definition) is 7. The molecule has 4 atom stereocenters. The number of rotatable bonds is 24. The molecule has 9 N–H and O–H groups in total. The first-order chi connectivity index (χ1) is 34.4. The summed E-state index contributed by atoms with van der Waals surface area (Å²) in [6.07, 6.45) is 10.0. The predicted molar refractivity (Wildman–Crippen MR) is 276 cm³/mol. The van der Waals surface area contributed by atoms with Gasteiger partial charge >= 0.3 is 5.97 Å². The Morgan fingerprint density at radius 1 is 0.792 bits per heavy atom. The maximum absolute atomic E-state index is 14.6. The number of aryl methyl sites for hydroxylation is 1. The third-order valence-corrected chi connectivity index (χ3v) is 13.1. The lowest BCUT2D eigenvalue weighted by Gasteiger charge is -2.32. The van der Waals surface area contributed by atoms with Gasteiger partial charge in [0.25, 0.3) is 5.91 Å². The molecule has 1 aliphatic rings. The number of carbonyl (C=O) groups is 6. The fraction of sp³-hybridized carbons (Fsp3) is 0.464. The van der Waals surface area contributed by atoms with Gasteiger partial charge in [0.05, 0.1) is 26.4 Å². The molecule has 0 unspecified atom stereocenters. The molecule has 4 bridgehead atoms. The molecule has 1 heterocycles. The molecule has 5 amide bonds. The molecule has 1 aliphatic heterocycles. The second-order valence-electron chi connectivity index (χ2n) is 19.4. The van der Waals surface area contributed by atoms with E-state index in [-0.39, 0.29) is 31.7 Å². The number of aliphatic hydroxyl groups is 1. The van der Waals surface area contributed by atoms with Crippen LogP contribution < -0.4 is 36.5 Å². The van der Waals surface area contributed by atoms with Crippen molar-refractivity contribution in [1.29, 1.82) is 0 Å². The van der Waals surface area contributed by atoms with E-state index in [9.17, 15) is 39.0 Å². The van der Waals surface area contributed by atoms with E-state index in [0.29, 0.717) is 58.7 Å². The summed E-state index contributed by atoms with van der Waals surface area (Å²) in [5.74, 6) is -3.30. The van der Waals surface area contributed by atoms with Crippen LogP contribution >= 0.6 is 0 Å². The van der Waals surface area contributed by atoms with Crippen LogP contribution in [0.2, 0.25) is 0 Å². The van der Waals surface area contributed by atoms with Gasteiger partial charge in [0, 0.05) is 43.1 Å². The van der Waals surface area contributed by atoms with Gasteiger partial charge in [-0.3, -0.25) is 24.0 Å². The topological polar surface area (TPSA) is 240 Å². The smallest absolute Gasteiger partial charge is 0.326 e. The van der Waals surface area contributed by atoms with Crippen LogP contribution in [0.4, 0.5) is 0 Å². The number of hydrogen-bond acceptors (Lipinski definition) is 9. The summed E-state index contributed by atoms with van der Waals surface area (Å²) >= 11 is 0. The number of ether oxygens (including phenoxy) is 2. The van der Waals surface area contributed by atoms with Crippen LogP contribution in [0.3, 0.4) is 0 Å². The number of benzene rings is 4. The number of unbranched alkanes of at least 4 members (excludes halogenated alkanes) is 6. The van der Waals surface area contributed by atoms with E-state index in [4.69, 9.17) is 9.47 Å². The molecule has 72 heavy (non-hydrogen) atoms. The van der Waals surface area contributed by atoms with Crippen LogP contribution in [0.1, 0.15) is 124 Å². The number of nitrogens with zero attached hydrogens (tertiary/aromatic N) is 1. The molecule has 0 aromatic heterocycles. The Balaban J connectivity index is 1.24. The van der Waals surface area contributed by atoms with E-state index >= 15 is 0 Å². The normalized spacial score (nSPS) is 16.3. The van der Waals surface area contributed by atoms with Crippen LogP contribution in [0, 0.1) is 0 Å². The summed E-state index contributed by atoms with van der Waals surface area (Å²) in [6, 6.07) is 20.9. The number of aliphatic carboxylic acids is 1. The summed E-state index contributed by atoms with van der Waals surface area (Å²) in [5, 5.41) is 30.8. The fourth-order valence-electron chi connectivity index (χ4n) is 8.93. The van der Waals surface area contributed by atoms with Crippen molar-refractivity contribution in [3.8, 4) is 33.8 Å². The second-order valence-corrected chi connectivity index (χ2v) is 19.4. The summed E-state index contributed by atoms with van der Waals surface area (Å²) in [7, 11) is 4.42. The van der Waals surface area contributed by atoms with Crippen molar-refractivity contribution in [3.63, 3.8) is 0 Å². The van der Waals surface area contributed by atoms with Crippen molar-refractivity contribution in [2.75, 3.05) is 34.4 Å². The Labute approximate surface area is 423 Å². The Kier molecular flexibility index (Phi) is 21.2. The van der Waals surface area contributed by atoms with Gasteiger partial charge in [-0.1, -0.05) is 80.6 Å². The molecule has 16 heteroatoms. The minimum atomic E-state index is -1.34. The number of amides is 5. The number of fused-ring (bicyclic) bond motifs is 5. The molecule has 5 rings (SSSR count). The molecule has 0 fully saturated rings. The van der Waals surface area contributed by atoms with Gasteiger partial charge in [-0.15, -0.1) is 0 Å². The molecule has 388 valence electrons. The van der Waals surface area contributed by atoms with Crippen molar-refractivity contribution in [2.24, 2.45) is 0 Å². The second kappa shape index (κ2) is 27.2. The Hall–Kier alpha value is -6.78. The number of carboxylic acid groups (broad SMARTS) is 1. The zero-order valence-corrected chi connectivity index (χ0v) is 42.8. The van der Waals surface area contributed by atoms with Crippen LogP contribution in [-0.2, 0) is 36.8 Å². The fourth-order valence-corrected chi connectivity index (χ4v) is 8.93. The zero-order valence-electron chi connectivity index (χ0n) is 42.8. The maximum atomic E-state index is 14.6. The average Bonchev–Trinajstić information content (AvgIpc) is 3.35. The Morgan fingerprint density at radius 2 is 1.40 bits per heavy atom. The molecule has 16 nitrogen and oxygen atoms in total. The van der Waals surface area contributed by atoms with E-state index in [1.807, 2.05) is 26.0 Å². The van der Waals surface area contributed by atoms with E-state index in [0.717, 1.165) is 43.2 Å². The molecule has 0 spiro atoms. The molecule has 4 aromatic rings. The molecule has 4 aromatic carbocycles. The summed E-state index contributed by atoms with van der Waals surface area (Å²) < 4.78 is 11.4. The highest BCUT2D eigenvalue weighted by Gasteiger charge is 2.36.